The van der Waals surface area contributed by atoms with Crippen LogP contribution in [0.15, 0.2) is 69.7 Å². The third kappa shape index (κ3) is 5.03. The Bertz CT molecular complexity index is 1350. The van der Waals surface area contributed by atoms with Crippen LogP contribution in [-0.2, 0) is 6.54 Å². The number of rotatable bonds is 6. The summed E-state index contributed by atoms with van der Waals surface area (Å²) in [5.74, 6) is -1.61. The minimum absolute atomic E-state index is 0.290. The molecule has 0 unspecified atom stereocenters. The maximum atomic E-state index is 14.2. The van der Waals surface area contributed by atoms with E-state index < -0.39 is 17.7 Å². The second-order valence-corrected chi connectivity index (χ2v) is 9.59. The van der Waals surface area contributed by atoms with Gasteiger partial charge in [-0.25, -0.2) is 13.6 Å². The van der Waals surface area contributed by atoms with E-state index >= 15 is 0 Å². The second kappa shape index (κ2) is 10.3. The Kier molecular flexibility index (Phi) is 7.38. The Morgan fingerprint density at radius 1 is 0.941 bits per heavy atom. The van der Waals surface area contributed by atoms with Crippen LogP contribution in [0.1, 0.15) is 19.4 Å². The number of fused-ring (bicyclic) bond motifs is 1. The van der Waals surface area contributed by atoms with Crippen LogP contribution in [0.4, 0.5) is 13.6 Å². The standard InChI is InChI=1S/C26H22Br2F2N2O2/c1-3-31(4-2)26(33)34-24-8-7-23-20(25(24)17-5-6-21(29)22(30)13-17)9-10-32(23)15-16-11-18(27)14-19(28)12-16/h5-14H,3-4,15H2,1-2H3. The first kappa shape index (κ1) is 24.4. The molecule has 3 aromatic carbocycles. The van der Waals surface area contributed by atoms with E-state index in [9.17, 15) is 13.6 Å². The summed E-state index contributed by atoms with van der Waals surface area (Å²) < 4.78 is 37.5. The highest BCUT2D eigenvalue weighted by Gasteiger charge is 2.20. The molecule has 0 saturated heterocycles. The Morgan fingerprint density at radius 3 is 2.29 bits per heavy atom. The van der Waals surface area contributed by atoms with E-state index in [1.165, 1.54) is 6.07 Å². The maximum absolute atomic E-state index is 14.2. The van der Waals surface area contributed by atoms with Gasteiger partial charge >= 0.3 is 6.09 Å². The van der Waals surface area contributed by atoms with Crippen LogP contribution in [0.5, 0.6) is 5.75 Å². The highest BCUT2D eigenvalue weighted by molar-refractivity contribution is 9.11. The Balaban J connectivity index is 1.84. The SMILES string of the molecule is CCN(CC)C(=O)Oc1ccc2c(ccn2Cc2cc(Br)cc(Br)c2)c1-c1ccc(F)c(F)c1. The van der Waals surface area contributed by atoms with Gasteiger partial charge in [-0.15, -0.1) is 0 Å². The molecule has 4 nitrogen and oxygen atoms in total. The quantitative estimate of drug-likeness (QED) is 0.228. The minimum atomic E-state index is -0.964. The van der Waals surface area contributed by atoms with E-state index in [4.69, 9.17) is 4.74 Å². The largest absolute Gasteiger partial charge is 0.415 e. The van der Waals surface area contributed by atoms with E-state index in [0.717, 1.165) is 37.5 Å². The summed E-state index contributed by atoms with van der Waals surface area (Å²) >= 11 is 7.04. The van der Waals surface area contributed by atoms with Crippen molar-refractivity contribution < 1.29 is 18.3 Å². The van der Waals surface area contributed by atoms with Gasteiger partial charge in [-0.05, 0) is 73.5 Å². The molecule has 0 spiro atoms. The molecule has 0 atom stereocenters. The van der Waals surface area contributed by atoms with E-state index in [2.05, 4.69) is 36.4 Å². The summed E-state index contributed by atoms with van der Waals surface area (Å²) in [7, 11) is 0. The molecule has 1 heterocycles. The first-order chi connectivity index (χ1) is 16.3. The van der Waals surface area contributed by atoms with Gasteiger partial charge in [0.05, 0.1) is 0 Å². The van der Waals surface area contributed by atoms with Crippen molar-refractivity contribution in [3.8, 4) is 16.9 Å². The van der Waals surface area contributed by atoms with E-state index in [1.54, 1.807) is 11.0 Å². The zero-order valence-electron chi connectivity index (χ0n) is 18.6. The number of carbonyl (C=O) groups is 1. The molecule has 0 aliphatic rings. The average molecular weight is 592 g/mol. The van der Waals surface area contributed by atoms with Gasteiger partial charge in [0.2, 0.25) is 0 Å². The first-order valence-electron chi connectivity index (χ1n) is 10.8. The molecular weight excluding hydrogens is 570 g/mol. The van der Waals surface area contributed by atoms with E-state index in [-0.39, 0.29) is 0 Å². The van der Waals surface area contributed by atoms with E-state index in [0.29, 0.717) is 36.5 Å². The van der Waals surface area contributed by atoms with Crippen molar-refractivity contribution in [3.05, 3.63) is 86.9 Å². The van der Waals surface area contributed by atoms with Crippen molar-refractivity contribution >= 4 is 48.9 Å². The van der Waals surface area contributed by atoms with Gasteiger partial charge in [0, 0.05) is 51.2 Å². The predicted octanol–water partition coefficient (Wildman–Crippen LogP) is 8.00. The molecule has 0 fully saturated rings. The Labute approximate surface area is 213 Å². The van der Waals surface area contributed by atoms with Crippen molar-refractivity contribution in [1.82, 2.24) is 9.47 Å². The maximum Gasteiger partial charge on any atom is 0.415 e. The van der Waals surface area contributed by atoms with Gasteiger partial charge in [0.1, 0.15) is 5.75 Å². The minimum Gasteiger partial charge on any atom is -0.410 e. The number of nitrogens with zero attached hydrogens (tertiary/aromatic N) is 2. The lowest BCUT2D eigenvalue weighted by atomic mass is 10.00. The molecule has 1 aromatic heterocycles. The Hall–Kier alpha value is -2.71. The van der Waals surface area contributed by atoms with Gasteiger partial charge in [0.25, 0.3) is 0 Å². The highest BCUT2D eigenvalue weighted by Crippen LogP contribution is 2.39. The number of benzene rings is 3. The third-order valence-electron chi connectivity index (χ3n) is 5.62. The molecule has 8 heteroatoms. The average Bonchev–Trinajstić information content (AvgIpc) is 3.18. The number of hydrogen-bond acceptors (Lipinski definition) is 2. The summed E-state index contributed by atoms with van der Waals surface area (Å²) in [4.78, 5) is 14.2. The van der Waals surface area contributed by atoms with Crippen LogP contribution in [0, 0.1) is 11.6 Å². The molecule has 1 amide bonds. The summed E-state index contributed by atoms with van der Waals surface area (Å²) in [6, 6.07) is 15.2. The first-order valence-corrected chi connectivity index (χ1v) is 12.4. The van der Waals surface area contributed by atoms with Crippen molar-refractivity contribution in [2.24, 2.45) is 0 Å². The Morgan fingerprint density at radius 2 is 1.65 bits per heavy atom. The van der Waals surface area contributed by atoms with Crippen LogP contribution < -0.4 is 4.74 Å². The molecule has 0 bridgehead atoms. The van der Waals surface area contributed by atoms with Gasteiger partial charge in [-0.3, -0.25) is 0 Å². The van der Waals surface area contributed by atoms with Crippen LogP contribution in [0.2, 0.25) is 0 Å². The smallest absolute Gasteiger partial charge is 0.410 e. The monoisotopic (exact) mass is 590 g/mol. The van der Waals surface area contributed by atoms with Crippen molar-refractivity contribution in [2.45, 2.75) is 20.4 Å². The zero-order chi connectivity index (χ0) is 24.4. The van der Waals surface area contributed by atoms with Crippen LogP contribution >= 0.6 is 31.9 Å². The molecule has 0 radical (unpaired) electrons. The zero-order valence-corrected chi connectivity index (χ0v) is 21.8. The lowest BCUT2D eigenvalue weighted by molar-refractivity contribution is 0.157. The molecule has 0 saturated carbocycles. The fourth-order valence-corrected chi connectivity index (χ4v) is 5.35. The van der Waals surface area contributed by atoms with Crippen LogP contribution in [0.3, 0.4) is 0 Å². The van der Waals surface area contributed by atoms with Crippen LogP contribution in [-0.4, -0.2) is 28.6 Å². The summed E-state index contributed by atoms with van der Waals surface area (Å²) in [5, 5.41) is 0.768. The molecular formula is C26H22Br2F2N2O2. The highest BCUT2D eigenvalue weighted by atomic mass is 79.9. The summed E-state index contributed by atoms with van der Waals surface area (Å²) in [5.41, 5.74) is 2.91. The number of amides is 1. The van der Waals surface area contributed by atoms with Crippen molar-refractivity contribution in [1.29, 1.82) is 0 Å². The topological polar surface area (TPSA) is 34.5 Å². The second-order valence-electron chi connectivity index (χ2n) is 7.76. The van der Waals surface area contributed by atoms with E-state index in [1.807, 2.05) is 50.4 Å². The van der Waals surface area contributed by atoms with Gasteiger partial charge in [-0.2, -0.15) is 0 Å². The molecule has 4 aromatic rings. The molecule has 0 N–H and O–H groups in total. The molecule has 4 rings (SSSR count). The van der Waals surface area contributed by atoms with Crippen LogP contribution in [0.25, 0.3) is 22.0 Å². The molecule has 176 valence electrons. The fourth-order valence-electron chi connectivity index (χ4n) is 3.96. The predicted molar refractivity (Wildman–Crippen MR) is 137 cm³/mol. The number of hydrogen-bond donors (Lipinski definition) is 0. The van der Waals surface area contributed by atoms with Crippen molar-refractivity contribution in [2.75, 3.05) is 13.1 Å². The number of halogens is 4. The summed E-state index contributed by atoms with van der Waals surface area (Å²) in [6.45, 7) is 5.32. The molecule has 34 heavy (non-hydrogen) atoms. The fraction of sp³-hybridized carbons (Fsp3) is 0.192. The lowest BCUT2D eigenvalue weighted by Crippen LogP contribution is -2.33. The normalized spacial score (nSPS) is 11.1. The lowest BCUT2D eigenvalue weighted by Gasteiger charge is -2.20. The number of carbonyl (C=O) groups excluding carboxylic acids is 1. The van der Waals surface area contributed by atoms with Gasteiger partial charge in [-0.1, -0.05) is 37.9 Å². The van der Waals surface area contributed by atoms with Gasteiger partial charge < -0.3 is 14.2 Å². The van der Waals surface area contributed by atoms with Crippen molar-refractivity contribution in [3.63, 3.8) is 0 Å². The molecule has 0 aliphatic carbocycles. The van der Waals surface area contributed by atoms with Gasteiger partial charge in [0.15, 0.2) is 11.6 Å². The number of ether oxygens (including phenoxy) is 1. The molecule has 0 aliphatic heterocycles. The summed E-state index contributed by atoms with van der Waals surface area (Å²) in [6.07, 6.45) is 1.44. The third-order valence-corrected chi connectivity index (χ3v) is 6.53. The number of aromatic nitrogens is 1.